The van der Waals surface area contributed by atoms with Crippen LogP contribution in [0.1, 0.15) is 6.92 Å². The van der Waals surface area contributed by atoms with Crippen molar-refractivity contribution < 1.29 is 0 Å². The highest BCUT2D eigenvalue weighted by molar-refractivity contribution is 4.99. The molecule has 1 rings (SSSR count). The standard InChI is InChI=1S/C6H12N2.C2N2/c1-3-8-5-4-7(2)6-8;3-1-2-4/h4-5H,3,6H2,1-2H3;. The molecule has 0 atom stereocenters. The van der Waals surface area contributed by atoms with Crippen molar-refractivity contribution in [1.82, 2.24) is 9.80 Å². The maximum absolute atomic E-state index is 7.26. The molecule has 4 nitrogen and oxygen atoms in total. The molecular weight excluding hydrogens is 152 g/mol. The SMILES string of the molecule is CCN1C=CN(C)C1.N#CC#N. The molecular formula is C8H12N4. The van der Waals surface area contributed by atoms with Gasteiger partial charge < -0.3 is 9.80 Å². The van der Waals surface area contributed by atoms with Crippen molar-refractivity contribution in [2.24, 2.45) is 0 Å². The molecule has 0 saturated heterocycles. The van der Waals surface area contributed by atoms with E-state index in [2.05, 4.69) is 36.2 Å². The van der Waals surface area contributed by atoms with Crippen LogP contribution in [-0.2, 0) is 0 Å². The predicted molar refractivity (Wildman–Crippen MR) is 45.4 cm³/mol. The Morgan fingerprint density at radius 3 is 2.08 bits per heavy atom. The molecule has 0 aromatic rings. The summed E-state index contributed by atoms with van der Waals surface area (Å²) >= 11 is 0. The van der Waals surface area contributed by atoms with Crippen molar-refractivity contribution >= 4 is 0 Å². The molecule has 1 heterocycles. The fourth-order valence-corrected chi connectivity index (χ4v) is 0.794. The average Bonchev–Trinajstić information content (AvgIpc) is 2.52. The molecule has 64 valence electrons. The van der Waals surface area contributed by atoms with Gasteiger partial charge in [-0.3, -0.25) is 0 Å². The van der Waals surface area contributed by atoms with Crippen LogP contribution in [0.25, 0.3) is 0 Å². The molecule has 0 radical (unpaired) electrons. The molecule has 0 aromatic carbocycles. The van der Waals surface area contributed by atoms with E-state index in [1.165, 1.54) is 12.1 Å². The first-order valence-electron chi connectivity index (χ1n) is 3.65. The van der Waals surface area contributed by atoms with E-state index in [0.717, 1.165) is 13.2 Å². The van der Waals surface area contributed by atoms with Crippen molar-refractivity contribution in [3.63, 3.8) is 0 Å². The lowest BCUT2D eigenvalue weighted by Crippen LogP contribution is -2.21. The van der Waals surface area contributed by atoms with Crippen LogP contribution in [0.15, 0.2) is 12.4 Å². The maximum Gasteiger partial charge on any atom is 0.181 e. The van der Waals surface area contributed by atoms with E-state index in [0.29, 0.717) is 0 Å². The topological polar surface area (TPSA) is 54.1 Å². The number of nitriles is 2. The molecule has 0 amide bonds. The third kappa shape index (κ3) is 4.19. The fourth-order valence-electron chi connectivity index (χ4n) is 0.794. The van der Waals surface area contributed by atoms with Crippen molar-refractivity contribution in [3.05, 3.63) is 12.4 Å². The predicted octanol–water partition coefficient (Wildman–Crippen LogP) is 0.716. The highest BCUT2D eigenvalue weighted by Gasteiger charge is 2.03. The summed E-state index contributed by atoms with van der Waals surface area (Å²) in [6.45, 7) is 4.32. The number of hydrogen-bond donors (Lipinski definition) is 0. The molecule has 0 fully saturated rings. The summed E-state index contributed by atoms with van der Waals surface area (Å²) < 4.78 is 0. The molecule has 0 unspecified atom stereocenters. The first-order valence-corrected chi connectivity index (χ1v) is 3.65. The van der Waals surface area contributed by atoms with Gasteiger partial charge in [-0.2, -0.15) is 10.5 Å². The van der Waals surface area contributed by atoms with Crippen LogP contribution in [-0.4, -0.2) is 30.1 Å². The Labute approximate surface area is 72.9 Å². The first kappa shape index (κ1) is 10.3. The minimum Gasteiger partial charge on any atom is -0.362 e. The van der Waals surface area contributed by atoms with Gasteiger partial charge in [0.15, 0.2) is 12.1 Å². The van der Waals surface area contributed by atoms with E-state index < -0.39 is 0 Å². The molecule has 0 N–H and O–H groups in total. The van der Waals surface area contributed by atoms with Crippen LogP contribution in [0.3, 0.4) is 0 Å². The van der Waals surface area contributed by atoms with Gasteiger partial charge in [-0.1, -0.05) is 0 Å². The summed E-state index contributed by atoms with van der Waals surface area (Å²) in [6, 6.07) is 2.47. The third-order valence-corrected chi connectivity index (χ3v) is 1.39. The van der Waals surface area contributed by atoms with Gasteiger partial charge in [0.1, 0.15) is 0 Å². The minimum atomic E-state index is 1.05. The second kappa shape index (κ2) is 6.06. The Balaban J connectivity index is 0.000000261. The van der Waals surface area contributed by atoms with Gasteiger partial charge in [0.05, 0.1) is 6.67 Å². The zero-order chi connectivity index (χ0) is 9.40. The van der Waals surface area contributed by atoms with E-state index in [-0.39, 0.29) is 0 Å². The molecule has 0 aliphatic carbocycles. The van der Waals surface area contributed by atoms with Crippen LogP contribution < -0.4 is 0 Å². The third-order valence-electron chi connectivity index (χ3n) is 1.39. The van der Waals surface area contributed by atoms with Gasteiger partial charge in [-0.25, -0.2) is 0 Å². The Kier molecular flexibility index (Phi) is 5.21. The second-order valence-corrected chi connectivity index (χ2v) is 2.33. The van der Waals surface area contributed by atoms with Crippen molar-refractivity contribution in [3.8, 4) is 12.1 Å². The Morgan fingerprint density at radius 1 is 1.33 bits per heavy atom. The van der Waals surface area contributed by atoms with Crippen LogP contribution in [0.4, 0.5) is 0 Å². The zero-order valence-corrected chi connectivity index (χ0v) is 7.36. The van der Waals surface area contributed by atoms with E-state index >= 15 is 0 Å². The first-order chi connectivity index (χ1) is 5.74. The molecule has 0 aromatic heterocycles. The van der Waals surface area contributed by atoms with Gasteiger partial charge in [0.25, 0.3) is 0 Å². The Hall–Kier alpha value is -1.68. The van der Waals surface area contributed by atoms with E-state index in [9.17, 15) is 0 Å². The lowest BCUT2D eigenvalue weighted by Gasteiger charge is -2.14. The van der Waals surface area contributed by atoms with Crippen molar-refractivity contribution in [2.45, 2.75) is 6.92 Å². The smallest absolute Gasteiger partial charge is 0.181 e. The highest BCUT2D eigenvalue weighted by atomic mass is 15.3. The average molecular weight is 164 g/mol. The molecule has 4 heteroatoms. The van der Waals surface area contributed by atoms with E-state index in [4.69, 9.17) is 10.5 Å². The van der Waals surface area contributed by atoms with Crippen LogP contribution in [0, 0.1) is 22.7 Å². The quantitative estimate of drug-likeness (QED) is 0.573. The van der Waals surface area contributed by atoms with Crippen LogP contribution in [0.5, 0.6) is 0 Å². The summed E-state index contributed by atoms with van der Waals surface area (Å²) in [5.74, 6) is 0. The molecule has 0 spiro atoms. The lowest BCUT2D eigenvalue weighted by atomic mass is 10.6. The lowest BCUT2D eigenvalue weighted by molar-refractivity contribution is 0.308. The van der Waals surface area contributed by atoms with Crippen LogP contribution >= 0.6 is 0 Å². The van der Waals surface area contributed by atoms with E-state index in [1.807, 2.05) is 0 Å². The summed E-state index contributed by atoms with van der Waals surface area (Å²) in [5, 5.41) is 14.5. The summed E-state index contributed by atoms with van der Waals surface area (Å²) in [4.78, 5) is 4.41. The highest BCUT2D eigenvalue weighted by Crippen LogP contribution is 2.00. The number of rotatable bonds is 1. The normalized spacial score (nSPS) is 13.0. The zero-order valence-electron chi connectivity index (χ0n) is 7.36. The van der Waals surface area contributed by atoms with Gasteiger partial charge in [-0.15, -0.1) is 0 Å². The Morgan fingerprint density at radius 2 is 1.92 bits per heavy atom. The van der Waals surface area contributed by atoms with Crippen molar-refractivity contribution in [1.29, 1.82) is 10.5 Å². The van der Waals surface area contributed by atoms with Crippen molar-refractivity contribution in [2.75, 3.05) is 20.3 Å². The molecule has 1 aliphatic rings. The minimum absolute atomic E-state index is 1.05. The van der Waals surface area contributed by atoms with Crippen LogP contribution in [0.2, 0.25) is 0 Å². The fraction of sp³-hybridized carbons (Fsp3) is 0.500. The summed E-state index contributed by atoms with van der Waals surface area (Å²) in [5.41, 5.74) is 0. The Bertz CT molecular complexity index is 208. The summed E-state index contributed by atoms with van der Waals surface area (Å²) in [6.07, 6.45) is 4.20. The van der Waals surface area contributed by atoms with Gasteiger partial charge in [-0.05, 0) is 6.92 Å². The molecule has 0 bridgehead atoms. The maximum atomic E-state index is 7.26. The van der Waals surface area contributed by atoms with Gasteiger partial charge >= 0.3 is 0 Å². The monoisotopic (exact) mass is 164 g/mol. The molecule has 1 aliphatic heterocycles. The number of nitrogens with zero attached hydrogens (tertiary/aromatic N) is 4. The molecule has 0 saturated carbocycles. The second-order valence-electron chi connectivity index (χ2n) is 2.33. The molecule has 12 heavy (non-hydrogen) atoms. The van der Waals surface area contributed by atoms with Gasteiger partial charge in [0.2, 0.25) is 0 Å². The van der Waals surface area contributed by atoms with E-state index in [1.54, 1.807) is 0 Å². The largest absolute Gasteiger partial charge is 0.362 e. The van der Waals surface area contributed by atoms with Gasteiger partial charge in [0, 0.05) is 26.0 Å². The summed E-state index contributed by atoms with van der Waals surface area (Å²) in [7, 11) is 2.08. The number of hydrogen-bond acceptors (Lipinski definition) is 4.